The maximum absolute atomic E-state index is 13.2. The van der Waals surface area contributed by atoms with Crippen molar-refractivity contribution in [3.05, 3.63) is 65.0 Å². The molecule has 21 heavy (non-hydrogen) atoms. The summed E-state index contributed by atoms with van der Waals surface area (Å²) >= 11 is 0. The first-order chi connectivity index (χ1) is 10.2. The van der Waals surface area contributed by atoms with Crippen LogP contribution in [-0.2, 0) is 13.2 Å². The summed E-state index contributed by atoms with van der Waals surface area (Å²) < 4.78 is 18.9. The molecule has 2 aromatic carbocycles. The fraction of sp³-hybridized carbons (Fsp3) is 0.333. The van der Waals surface area contributed by atoms with Gasteiger partial charge in [0.2, 0.25) is 0 Å². The monoisotopic (exact) mass is 287 g/mol. The molecular formula is C18H22FNO. The predicted molar refractivity (Wildman–Crippen MR) is 83.9 cm³/mol. The van der Waals surface area contributed by atoms with E-state index in [1.807, 2.05) is 12.1 Å². The van der Waals surface area contributed by atoms with Gasteiger partial charge in [0.05, 0.1) is 0 Å². The third-order valence-electron chi connectivity index (χ3n) is 3.28. The summed E-state index contributed by atoms with van der Waals surface area (Å²) in [5.74, 6) is 0.495. The second-order valence-corrected chi connectivity index (χ2v) is 5.20. The third-order valence-corrected chi connectivity index (χ3v) is 3.28. The van der Waals surface area contributed by atoms with Gasteiger partial charge in [0.25, 0.3) is 0 Å². The van der Waals surface area contributed by atoms with Crippen molar-refractivity contribution in [1.82, 2.24) is 5.32 Å². The Morgan fingerprint density at radius 2 is 1.90 bits per heavy atom. The topological polar surface area (TPSA) is 21.3 Å². The highest BCUT2D eigenvalue weighted by molar-refractivity contribution is 5.29. The highest BCUT2D eigenvalue weighted by atomic mass is 19.1. The summed E-state index contributed by atoms with van der Waals surface area (Å²) in [6.45, 7) is 6.28. The summed E-state index contributed by atoms with van der Waals surface area (Å²) in [7, 11) is 0. The van der Waals surface area contributed by atoms with Gasteiger partial charge in [0.15, 0.2) is 0 Å². The Bertz CT molecular complexity index is 583. The fourth-order valence-corrected chi connectivity index (χ4v) is 2.11. The van der Waals surface area contributed by atoms with Crippen LogP contribution in [0.2, 0.25) is 0 Å². The minimum atomic E-state index is -0.202. The van der Waals surface area contributed by atoms with Crippen molar-refractivity contribution in [2.45, 2.75) is 33.4 Å². The van der Waals surface area contributed by atoms with Gasteiger partial charge in [-0.25, -0.2) is 4.39 Å². The minimum Gasteiger partial charge on any atom is -0.489 e. The van der Waals surface area contributed by atoms with E-state index in [1.54, 1.807) is 19.1 Å². The lowest BCUT2D eigenvalue weighted by Gasteiger charge is -2.09. The van der Waals surface area contributed by atoms with E-state index in [0.29, 0.717) is 17.9 Å². The Kier molecular flexibility index (Phi) is 5.76. The van der Waals surface area contributed by atoms with Crippen LogP contribution in [0.25, 0.3) is 0 Å². The molecule has 2 rings (SSSR count). The van der Waals surface area contributed by atoms with Crippen LogP contribution in [0.3, 0.4) is 0 Å². The van der Waals surface area contributed by atoms with Gasteiger partial charge >= 0.3 is 0 Å². The summed E-state index contributed by atoms with van der Waals surface area (Å²) in [4.78, 5) is 0. The molecule has 0 radical (unpaired) electrons. The SMILES string of the molecule is CCCNCc1cccc(COc2ccc(F)c(C)c2)c1. The lowest BCUT2D eigenvalue weighted by atomic mass is 10.1. The Morgan fingerprint density at radius 1 is 1.10 bits per heavy atom. The minimum absolute atomic E-state index is 0.202. The summed E-state index contributed by atoms with van der Waals surface area (Å²) in [5, 5.41) is 3.38. The van der Waals surface area contributed by atoms with Crippen molar-refractivity contribution in [2.24, 2.45) is 0 Å². The zero-order valence-corrected chi connectivity index (χ0v) is 12.7. The second kappa shape index (κ2) is 7.79. The van der Waals surface area contributed by atoms with E-state index in [1.165, 1.54) is 11.6 Å². The maximum atomic E-state index is 13.2. The molecule has 2 nitrogen and oxygen atoms in total. The van der Waals surface area contributed by atoms with Gasteiger partial charge in [0, 0.05) is 6.54 Å². The normalized spacial score (nSPS) is 10.6. The zero-order valence-electron chi connectivity index (χ0n) is 12.7. The summed E-state index contributed by atoms with van der Waals surface area (Å²) in [6, 6.07) is 13.2. The average molecular weight is 287 g/mol. The van der Waals surface area contributed by atoms with E-state index in [9.17, 15) is 4.39 Å². The van der Waals surface area contributed by atoms with Crippen molar-refractivity contribution in [2.75, 3.05) is 6.54 Å². The van der Waals surface area contributed by atoms with Gasteiger partial charge in [-0.1, -0.05) is 31.2 Å². The van der Waals surface area contributed by atoms with Gasteiger partial charge < -0.3 is 10.1 Å². The Hall–Kier alpha value is -1.87. The van der Waals surface area contributed by atoms with Crippen LogP contribution in [0.1, 0.15) is 30.0 Å². The number of benzene rings is 2. The first kappa shape index (κ1) is 15.5. The smallest absolute Gasteiger partial charge is 0.126 e. The zero-order chi connectivity index (χ0) is 15.1. The Labute approximate surface area is 126 Å². The number of ether oxygens (including phenoxy) is 1. The van der Waals surface area contributed by atoms with Gasteiger partial charge in [-0.05, 0) is 54.8 Å². The fourth-order valence-electron chi connectivity index (χ4n) is 2.11. The van der Waals surface area contributed by atoms with Crippen LogP contribution in [0.5, 0.6) is 5.75 Å². The van der Waals surface area contributed by atoms with Crippen LogP contribution < -0.4 is 10.1 Å². The molecular weight excluding hydrogens is 265 g/mol. The molecule has 0 atom stereocenters. The van der Waals surface area contributed by atoms with Gasteiger partial charge in [0.1, 0.15) is 18.2 Å². The molecule has 0 bridgehead atoms. The van der Waals surface area contributed by atoms with E-state index < -0.39 is 0 Å². The number of hydrogen-bond donors (Lipinski definition) is 1. The third kappa shape index (κ3) is 4.87. The molecule has 3 heteroatoms. The quantitative estimate of drug-likeness (QED) is 0.770. The molecule has 112 valence electrons. The molecule has 0 saturated heterocycles. The molecule has 0 unspecified atom stereocenters. The lowest BCUT2D eigenvalue weighted by Crippen LogP contribution is -2.13. The first-order valence-corrected chi connectivity index (χ1v) is 7.36. The number of nitrogens with one attached hydrogen (secondary N) is 1. The molecule has 0 aliphatic rings. The molecule has 0 heterocycles. The van der Waals surface area contributed by atoms with Gasteiger partial charge in [-0.2, -0.15) is 0 Å². The molecule has 0 spiro atoms. The Balaban J connectivity index is 1.93. The summed E-state index contributed by atoms with van der Waals surface area (Å²) in [5.41, 5.74) is 2.97. The largest absolute Gasteiger partial charge is 0.489 e. The molecule has 2 aromatic rings. The highest BCUT2D eigenvalue weighted by Crippen LogP contribution is 2.17. The van der Waals surface area contributed by atoms with Crippen LogP contribution in [0.4, 0.5) is 4.39 Å². The standard InChI is InChI=1S/C18H22FNO/c1-3-9-20-12-15-5-4-6-16(11-15)13-21-17-7-8-18(19)14(2)10-17/h4-8,10-11,20H,3,9,12-13H2,1-2H3. The molecule has 0 amide bonds. The van der Waals surface area contributed by atoms with Crippen molar-refractivity contribution in [3.8, 4) is 5.75 Å². The van der Waals surface area contributed by atoms with E-state index in [4.69, 9.17) is 4.74 Å². The van der Waals surface area contributed by atoms with Crippen LogP contribution >= 0.6 is 0 Å². The van der Waals surface area contributed by atoms with E-state index in [-0.39, 0.29) is 5.82 Å². The van der Waals surface area contributed by atoms with E-state index in [0.717, 1.165) is 25.1 Å². The van der Waals surface area contributed by atoms with E-state index >= 15 is 0 Å². The van der Waals surface area contributed by atoms with Crippen LogP contribution in [-0.4, -0.2) is 6.54 Å². The Morgan fingerprint density at radius 3 is 2.67 bits per heavy atom. The molecule has 0 aliphatic heterocycles. The van der Waals surface area contributed by atoms with Crippen molar-refractivity contribution in [3.63, 3.8) is 0 Å². The van der Waals surface area contributed by atoms with Crippen molar-refractivity contribution >= 4 is 0 Å². The van der Waals surface area contributed by atoms with Gasteiger partial charge in [-0.15, -0.1) is 0 Å². The van der Waals surface area contributed by atoms with Crippen LogP contribution in [0.15, 0.2) is 42.5 Å². The number of halogens is 1. The highest BCUT2D eigenvalue weighted by Gasteiger charge is 2.01. The first-order valence-electron chi connectivity index (χ1n) is 7.36. The molecule has 0 aliphatic carbocycles. The van der Waals surface area contributed by atoms with Crippen LogP contribution in [0, 0.1) is 12.7 Å². The maximum Gasteiger partial charge on any atom is 0.126 e. The molecule has 0 fully saturated rings. The van der Waals surface area contributed by atoms with Gasteiger partial charge in [-0.3, -0.25) is 0 Å². The number of rotatable bonds is 7. The van der Waals surface area contributed by atoms with E-state index in [2.05, 4.69) is 24.4 Å². The number of hydrogen-bond acceptors (Lipinski definition) is 2. The van der Waals surface area contributed by atoms with Crippen molar-refractivity contribution < 1.29 is 9.13 Å². The predicted octanol–water partition coefficient (Wildman–Crippen LogP) is 4.21. The van der Waals surface area contributed by atoms with Crippen molar-refractivity contribution in [1.29, 1.82) is 0 Å². The average Bonchev–Trinajstić information content (AvgIpc) is 2.49. The molecule has 0 saturated carbocycles. The number of aryl methyl sites for hydroxylation is 1. The second-order valence-electron chi connectivity index (χ2n) is 5.20. The molecule has 1 N–H and O–H groups in total. The summed E-state index contributed by atoms with van der Waals surface area (Å²) in [6.07, 6.45) is 1.13. The lowest BCUT2D eigenvalue weighted by molar-refractivity contribution is 0.305. The molecule has 0 aromatic heterocycles.